The summed E-state index contributed by atoms with van der Waals surface area (Å²) in [6.45, 7) is 11.5. The highest BCUT2D eigenvalue weighted by atomic mass is 32.2. The molecule has 4 aliphatic rings. The van der Waals surface area contributed by atoms with Crippen LogP contribution < -0.4 is 9.47 Å². The summed E-state index contributed by atoms with van der Waals surface area (Å²) >= 11 is 1.77. The molecule has 0 spiro atoms. The summed E-state index contributed by atoms with van der Waals surface area (Å²) in [6.07, 6.45) is 11.1. The molecule has 0 aromatic heterocycles. The van der Waals surface area contributed by atoms with Gasteiger partial charge in [-0.05, 0) is 123 Å². The maximum Gasteiger partial charge on any atom is 0.239 e. The van der Waals surface area contributed by atoms with Crippen molar-refractivity contribution in [1.82, 2.24) is 4.90 Å². The molecule has 2 fully saturated rings. The number of ether oxygens (including phenoxy) is 3. The molecule has 1 amide bonds. The molecular formula is C54H66N2O7S. The molecule has 4 aromatic carbocycles. The van der Waals surface area contributed by atoms with Gasteiger partial charge in [-0.15, -0.1) is 18.3 Å². The molecule has 9 nitrogen and oxygen atoms in total. The van der Waals surface area contributed by atoms with Gasteiger partial charge < -0.3 is 34.2 Å². The van der Waals surface area contributed by atoms with E-state index >= 15 is 4.79 Å². The number of aliphatic hydroxyl groups excluding tert-OH is 2. The van der Waals surface area contributed by atoms with Crippen molar-refractivity contribution in [3.8, 4) is 11.5 Å². The van der Waals surface area contributed by atoms with E-state index in [9.17, 15) is 10.2 Å². The lowest BCUT2D eigenvalue weighted by atomic mass is 9.55. The number of amides is 1. The molecule has 340 valence electrons. The number of fused-ring (bicyclic) bond motifs is 3. The highest BCUT2D eigenvalue weighted by Crippen LogP contribution is 2.62. The monoisotopic (exact) mass is 886 g/mol. The van der Waals surface area contributed by atoms with Gasteiger partial charge in [-0.25, -0.2) is 0 Å². The molecular weight excluding hydrogens is 821 g/mol. The van der Waals surface area contributed by atoms with Crippen LogP contribution in [0, 0.1) is 23.7 Å². The minimum Gasteiger partial charge on any atom is -0.493 e. The first-order valence-corrected chi connectivity index (χ1v) is 24.5. The third-order valence-corrected chi connectivity index (χ3v) is 14.2. The fourth-order valence-corrected chi connectivity index (χ4v) is 11.0. The van der Waals surface area contributed by atoms with Crippen molar-refractivity contribution in [2.24, 2.45) is 28.8 Å². The van der Waals surface area contributed by atoms with Crippen LogP contribution in [0.15, 0.2) is 125 Å². The average Bonchev–Trinajstić information content (AvgIpc) is 4.16. The Hall–Kier alpha value is -4.61. The fourth-order valence-electron chi connectivity index (χ4n) is 10.3. The number of hydrogen-bond acceptors (Lipinski definition) is 9. The van der Waals surface area contributed by atoms with Crippen molar-refractivity contribution < 1.29 is 34.1 Å². The van der Waals surface area contributed by atoms with Crippen LogP contribution in [0.1, 0.15) is 95.6 Å². The molecule has 2 saturated carbocycles. The summed E-state index contributed by atoms with van der Waals surface area (Å²) in [6, 6.07) is 30.7. The number of unbranched alkanes of at least 4 members (excludes halogenated alkanes) is 2. The lowest BCUT2D eigenvalue weighted by Crippen LogP contribution is -2.70. The van der Waals surface area contributed by atoms with E-state index in [4.69, 9.17) is 24.2 Å². The second kappa shape index (κ2) is 20.7. The molecule has 2 N–H and O–H groups in total. The van der Waals surface area contributed by atoms with Crippen LogP contribution >= 0.6 is 11.8 Å². The van der Waals surface area contributed by atoms with Crippen LogP contribution in [0.5, 0.6) is 11.5 Å². The van der Waals surface area contributed by atoms with E-state index in [1.54, 1.807) is 17.8 Å². The molecule has 10 heteroatoms. The standard InChI is InChI=1S/C54H66N2O7S/c1-5-30-61-54-49(56(52(59)38-24-25-38)36-40-19-15-18-37-16-9-10-22-43(37)40)35-47(55-63-53(2,3)4)45-33-39(17-11-13-28-57)44(23-12-14-29-58)50(51(45)54)46-34-41(26-27-48(46)62-54)60-31-32-64-42-20-7-6-8-21-42/h5-10,15-16,18-22,26-27,33-34,38-39,44,49-51,57-58H,1,11-14,17,23-25,28-32,35-36H2,2-4H3/t39-,44+,49-,50+,51+,54+/m0/s1. The first kappa shape index (κ1) is 45.9. The topological polar surface area (TPSA) is 110 Å². The van der Waals surface area contributed by atoms with Crippen molar-refractivity contribution in [3.05, 3.63) is 126 Å². The van der Waals surface area contributed by atoms with Gasteiger partial charge in [-0.3, -0.25) is 4.79 Å². The Morgan fingerprint density at radius 2 is 1.70 bits per heavy atom. The van der Waals surface area contributed by atoms with Crippen LogP contribution in [-0.4, -0.2) is 76.3 Å². The van der Waals surface area contributed by atoms with Gasteiger partial charge in [0.25, 0.3) is 0 Å². The van der Waals surface area contributed by atoms with Crippen LogP contribution in [0.4, 0.5) is 0 Å². The van der Waals surface area contributed by atoms with Crippen molar-refractivity contribution >= 4 is 34.2 Å². The van der Waals surface area contributed by atoms with Gasteiger partial charge in [0.05, 0.1) is 24.8 Å². The molecule has 1 heterocycles. The molecule has 0 unspecified atom stereocenters. The first-order valence-electron chi connectivity index (χ1n) is 23.5. The molecule has 6 atom stereocenters. The van der Waals surface area contributed by atoms with E-state index in [1.807, 2.05) is 39.0 Å². The molecule has 0 bridgehead atoms. The number of benzene rings is 4. The zero-order valence-electron chi connectivity index (χ0n) is 37.8. The largest absolute Gasteiger partial charge is 0.493 e. The summed E-state index contributed by atoms with van der Waals surface area (Å²) in [4.78, 5) is 24.7. The first-order chi connectivity index (χ1) is 31.1. The number of carbonyl (C=O) groups excluding carboxylic acids is 1. The predicted molar refractivity (Wildman–Crippen MR) is 256 cm³/mol. The summed E-state index contributed by atoms with van der Waals surface area (Å²) in [5.41, 5.74) is 3.38. The Balaban J connectivity index is 1.30. The van der Waals surface area contributed by atoms with Crippen molar-refractivity contribution in [1.29, 1.82) is 0 Å². The smallest absolute Gasteiger partial charge is 0.239 e. The van der Waals surface area contributed by atoms with Crippen molar-refractivity contribution in [3.63, 3.8) is 0 Å². The quantitative estimate of drug-likeness (QED) is 0.0368. The average molecular weight is 887 g/mol. The van der Waals surface area contributed by atoms with Gasteiger partial charge in [-0.1, -0.05) is 90.8 Å². The van der Waals surface area contributed by atoms with Crippen molar-refractivity contribution in [2.45, 2.75) is 113 Å². The zero-order valence-corrected chi connectivity index (χ0v) is 38.6. The molecule has 4 aromatic rings. The lowest BCUT2D eigenvalue weighted by Gasteiger charge is -2.60. The van der Waals surface area contributed by atoms with E-state index < -0.39 is 17.4 Å². The molecule has 3 aliphatic carbocycles. The van der Waals surface area contributed by atoms with Gasteiger partial charge in [0.15, 0.2) is 0 Å². The summed E-state index contributed by atoms with van der Waals surface area (Å²) in [7, 11) is 0. The Bertz CT molecular complexity index is 2280. The fraction of sp³-hybridized carbons (Fsp3) is 0.481. The van der Waals surface area contributed by atoms with Gasteiger partial charge in [0.1, 0.15) is 23.1 Å². The predicted octanol–water partition coefficient (Wildman–Crippen LogP) is 10.9. The second-order valence-electron chi connectivity index (χ2n) is 18.9. The third-order valence-electron chi connectivity index (χ3n) is 13.2. The number of allylic oxidation sites excluding steroid dienone is 1. The molecule has 0 radical (unpaired) electrons. The number of thioether (sulfide) groups is 1. The number of aliphatic hydroxyl groups is 2. The van der Waals surface area contributed by atoms with E-state index in [0.717, 1.165) is 89.0 Å². The molecule has 8 rings (SSSR count). The van der Waals surface area contributed by atoms with Gasteiger partial charge in [0.2, 0.25) is 11.7 Å². The summed E-state index contributed by atoms with van der Waals surface area (Å²) < 4.78 is 21.3. The number of hydrogen-bond donors (Lipinski definition) is 2. The maximum absolute atomic E-state index is 15.1. The molecule has 0 saturated heterocycles. The third kappa shape index (κ3) is 10.3. The number of nitrogens with zero attached hydrogens (tertiary/aromatic N) is 2. The number of rotatable bonds is 21. The Morgan fingerprint density at radius 3 is 2.45 bits per heavy atom. The van der Waals surface area contributed by atoms with Crippen LogP contribution in [0.25, 0.3) is 10.8 Å². The van der Waals surface area contributed by atoms with Crippen LogP contribution in [-0.2, 0) is 20.9 Å². The van der Waals surface area contributed by atoms with Gasteiger partial charge in [0, 0.05) is 54.2 Å². The van der Waals surface area contributed by atoms with Crippen LogP contribution in [0.3, 0.4) is 0 Å². The zero-order chi connectivity index (χ0) is 44.7. The second-order valence-corrected chi connectivity index (χ2v) is 20.0. The van der Waals surface area contributed by atoms with Crippen molar-refractivity contribution in [2.75, 3.05) is 32.2 Å². The van der Waals surface area contributed by atoms with Crippen LogP contribution in [0.2, 0.25) is 0 Å². The van der Waals surface area contributed by atoms with E-state index in [2.05, 4.69) is 90.4 Å². The highest BCUT2D eigenvalue weighted by Gasteiger charge is 2.66. The van der Waals surface area contributed by atoms with Gasteiger partial charge >= 0.3 is 0 Å². The lowest BCUT2D eigenvalue weighted by molar-refractivity contribution is -0.258. The maximum atomic E-state index is 15.1. The van der Waals surface area contributed by atoms with E-state index in [1.165, 1.54) is 4.90 Å². The SMILES string of the molecule is C=CCO[C@@]12Oc3ccc(OCCSc4ccccc4)cc3[C@H]3[C@H](CCCCO)[C@@H](CCCCO)C=C(C(=NOC(C)(C)C)C[C@@H]1N(Cc1cccc4ccccc14)C(=O)C1CC1)[C@H]32. The minimum absolute atomic E-state index is 0.0745. The molecule has 64 heavy (non-hydrogen) atoms. The Labute approximate surface area is 383 Å². The minimum atomic E-state index is -1.33. The molecule has 1 aliphatic heterocycles. The summed E-state index contributed by atoms with van der Waals surface area (Å²) in [5, 5.41) is 27.3. The van der Waals surface area contributed by atoms with Gasteiger partial charge in [-0.2, -0.15) is 0 Å². The highest BCUT2D eigenvalue weighted by molar-refractivity contribution is 7.99. The van der Waals surface area contributed by atoms with E-state index in [0.29, 0.717) is 32.4 Å². The Morgan fingerprint density at radius 1 is 0.953 bits per heavy atom. The summed E-state index contributed by atoms with van der Waals surface area (Å²) in [5.74, 6) is 0.718. The Kier molecular flexibility index (Phi) is 14.9. The number of oxime groups is 1. The normalized spacial score (nSPS) is 24.3. The number of carbonyl (C=O) groups is 1. The van der Waals surface area contributed by atoms with E-state index in [-0.39, 0.29) is 55.3 Å².